The van der Waals surface area contributed by atoms with Gasteiger partial charge in [-0.05, 0) is 31.0 Å². The molecule has 4 nitrogen and oxygen atoms in total. The van der Waals surface area contributed by atoms with Gasteiger partial charge in [0.2, 0.25) is 0 Å². The summed E-state index contributed by atoms with van der Waals surface area (Å²) in [6, 6.07) is 5.23. The molecule has 1 unspecified atom stereocenters. The quantitative estimate of drug-likeness (QED) is 0.755. The Balaban J connectivity index is 2.78. The SMILES string of the molecule is COc1ccc(C(=O)CCC(C)CN)c(OC)c1. The van der Waals surface area contributed by atoms with Gasteiger partial charge in [-0.1, -0.05) is 6.92 Å². The first kappa shape index (κ1) is 14.5. The summed E-state index contributed by atoms with van der Waals surface area (Å²) in [5.74, 6) is 1.67. The largest absolute Gasteiger partial charge is 0.497 e. The number of Topliss-reactive ketones (excluding diaryl/α,β-unsaturated/α-hetero) is 1. The molecule has 0 aromatic heterocycles. The van der Waals surface area contributed by atoms with E-state index in [0.29, 0.717) is 35.9 Å². The van der Waals surface area contributed by atoms with Gasteiger partial charge < -0.3 is 15.2 Å². The monoisotopic (exact) mass is 251 g/mol. The van der Waals surface area contributed by atoms with Crippen LogP contribution in [0.25, 0.3) is 0 Å². The second-order valence-corrected chi connectivity index (χ2v) is 4.37. The van der Waals surface area contributed by atoms with Crippen molar-refractivity contribution in [1.82, 2.24) is 0 Å². The van der Waals surface area contributed by atoms with Crippen LogP contribution in [0.1, 0.15) is 30.1 Å². The summed E-state index contributed by atoms with van der Waals surface area (Å²) in [6.45, 7) is 2.64. The van der Waals surface area contributed by atoms with E-state index in [1.54, 1.807) is 32.4 Å². The summed E-state index contributed by atoms with van der Waals surface area (Å²) in [6.07, 6.45) is 1.28. The number of methoxy groups -OCH3 is 2. The van der Waals surface area contributed by atoms with Crippen molar-refractivity contribution in [2.24, 2.45) is 11.7 Å². The average molecular weight is 251 g/mol. The van der Waals surface area contributed by atoms with E-state index < -0.39 is 0 Å². The van der Waals surface area contributed by atoms with Gasteiger partial charge >= 0.3 is 0 Å². The molecule has 0 saturated heterocycles. The molecule has 18 heavy (non-hydrogen) atoms. The predicted molar refractivity (Wildman–Crippen MR) is 71.3 cm³/mol. The molecule has 2 N–H and O–H groups in total. The molecule has 100 valence electrons. The van der Waals surface area contributed by atoms with Crippen LogP contribution < -0.4 is 15.2 Å². The molecule has 0 aliphatic heterocycles. The fraction of sp³-hybridized carbons (Fsp3) is 0.500. The van der Waals surface area contributed by atoms with Gasteiger partial charge in [-0.15, -0.1) is 0 Å². The average Bonchev–Trinajstić information content (AvgIpc) is 2.43. The van der Waals surface area contributed by atoms with Gasteiger partial charge in [-0.2, -0.15) is 0 Å². The fourth-order valence-corrected chi connectivity index (χ4v) is 1.66. The first-order valence-electron chi connectivity index (χ1n) is 6.07. The summed E-state index contributed by atoms with van der Waals surface area (Å²) in [5.41, 5.74) is 6.14. The van der Waals surface area contributed by atoms with E-state index in [0.717, 1.165) is 6.42 Å². The zero-order chi connectivity index (χ0) is 13.5. The van der Waals surface area contributed by atoms with Crippen LogP contribution in [0.5, 0.6) is 11.5 Å². The molecule has 1 aromatic rings. The lowest BCUT2D eigenvalue weighted by Gasteiger charge is -2.11. The topological polar surface area (TPSA) is 61.5 Å². The van der Waals surface area contributed by atoms with Crippen molar-refractivity contribution in [2.75, 3.05) is 20.8 Å². The highest BCUT2D eigenvalue weighted by Gasteiger charge is 2.14. The molecular weight excluding hydrogens is 230 g/mol. The van der Waals surface area contributed by atoms with Crippen LogP contribution in [0.3, 0.4) is 0 Å². The Morgan fingerprint density at radius 2 is 2.06 bits per heavy atom. The molecule has 0 heterocycles. The Kier molecular flexibility index (Phi) is 5.65. The standard InChI is InChI=1S/C14H21NO3/c1-10(9-15)4-7-13(16)12-6-5-11(17-2)8-14(12)18-3/h5-6,8,10H,4,7,9,15H2,1-3H3. The number of rotatable bonds is 7. The number of nitrogens with two attached hydrogens (primary N) is 1. The summed E-state index contributed by atoms with van der Waals surface area (Å²) in [7, 11) is 3.13. The maximum Gasteiger partial charge on any atom is 0.166 e. The van der Waals surface area contributed by atoms with Crippen molar-refractivity contribution in [2.45, 2.75) is 19.8 Å². The maximum absolute atomic E-state index is 12.1. The van der Waals surface area contributed by atoms with Gasteiger partial charge in [-0.25, -0.2) is 0 Å². The van der Waals surface area contributed by atoms with Crippen LogP contribution >= 0.6 is 0 Å². The van der Waals surface area contributed by atoms with E-state index in [1.807, 2.05) is 6.92 Å². The van der Waals surface area contributed by atoms with E-state index in [2.05, 4.69) is 0 Å². The molecule has 0 aliphatic rings. The Hall–Kier alpha value is -1.55. The lowest BCUT2D eigenvalue weighted by molar-refractivity contribution is 0.0972. The number of ether oxygens (including phenoxy) is 2. The van der Waals surface area contributed by atoms with E-state index in [4.69, 9.17) is 15.2 Å². The molecule has 1 aromatic carbocycles. The highest BCUT2D eigenvalue weighted by atomic mass is 16.5. The van der Waals surface area contributed by atoms with E-state index in [1.165, 1.54) is 0 Å². The minimum atomic E-state index is 0.0785. The highest BCUT2D eigenvalue weighted by Crippen LogP contribution is 2.26. The third-order valence-corrected chi connectivity index (χ3v) is 2.98. The van der Waals surface area contributed by atoms with Crippen molar-refractivity contribution in [3.63, 3.8) is 0 Å². The van der Waals surface area contributed by atoms with Crippen LogP contribution in [-0.2, 0) is 0 Å². The van der Waals surface area contributed by atoms with Crippen LogP contribution in [0.4, 0.5) is 0 Å². The predicted octanol–water partition coefficient (Wildman–Crippen LogP) is 2.26. The van der Waals surface area contributed by atoms with Crippen LogP contribution in [-0.4, -0.2) is 26.5 Å². The highest BCUT2D eigenvalue weighted by molar-refractivity contribution is 5.98. The van der Waals surface area contributed by atoms with Crippen molar-refractivity contribution < 1.29 is 14.3 Å². The van der Waals surface area contributed by atoms with Crippen LogP contribution in [0, 0.1) is 5.92 Å². The lowest BCUT2D eigenvalue weighted by Crippen LogP contribution is -2.12. The molecule has 0 bridgehead atoms. The Morgan fingerprint density at radius 3 is 2.61 bits per heavy atom. The summed E-state index contributed by atoms with van der Waals surface area (Å²) in [4.78, 5) is 12.1. The van der Waals surface area contributed by atoms with Gasteiger partial charge in [0.1, 0.15) is 11.5 Å². The lowest BCUT2D eigenvalue weighted by atomic mass is 9.99. The number of carbonyl (C=O) groups excluding carboxylic acids is 1. The van der Waals surface area contributed by atoms with Gasteiger partial charge in [0.25, 0.3) is 0 Å². The Morgan fingerprint density at radius 1 is 1.33 bits per heavy atom. The van der Waals surface area contributed by atoms with Crippen LogP contribution in [0.15, 0.2) is 18.2 Å². The Bertz CT molecular complexity index is 404. The maximum atomic E-state index is 12.1. The van der Waals surface area contributed by atoms with E-state index in [-0.39, 0.29) is 5.78 Å². The normalized spacial score (nSPS) is 12.0. The molecule has 0 spiro atoms. The third kappa shape index (κ3) is 3.74. The van der Waals surface area contributed by atoms with Crippen molar-refractivity contribution in [1.29, 1.82) is 0 Å². The molecule has 0 saturated carbocycles. The zero-order valence-corrected chi connectivity index (χ0v) is 11.2. The number of ketones is 1. The fourth-order valence-electron chi connectivity index (χ4n) is 1.66. The first-order valence-corrected chi connectivity index (χ1v) is 6.07. The first-order chi connectivity index (χ1) is 8.62. The second kappa shape index (κ2) is 7.01. The minimum absolute atomic E-state index is 0.0785. The van der Waals surface area contributed by atoms with Gasteiger partial charge in [-0.3, -0.25) is 4.79 Å². The number of benzene rings is 1. The summed E-state index contributed by atoms with van der Waals surface area (Å²) < 4.78 is 10.3. The van der Waals surface area contributed by atoms with Crippen LogP contribution in [0.2, 0.25) is 0 Å². The third-order valence-electron chi connectivity index (χ3n) is 2.98. The molecule has 1 atom stereocenters. The molecule has 0 amide bonds. The van der Waals surface area contributed by atoms with Crippen molar-refractivity contribution in [3.8, 4) is 11.5 Å². The smallest absolute Gasteiger partial charge is 0.166 e. The zero-order valence-electron chi connectivity index (χ0n) is 11.2. The van der Waals surface area contributed by atoms with Gasteiger partial charge in [0.05, 0.1) is 19.8 Å². The minimum Gasteiger partial charge on any atom is -0.497 e. The molecule has 0 radical (unpaired) electrons. The number of hydrogen-bond acceptors (Lipinski definition) is 4. The van der Waals surface area contributed by atoms with Crippen molar-refractivity contribution in [3.05, 3.63) is 23.8 Å². The summed E-state index contributed by atoms with van der Waals surface area (Å²) in [5, 5.41) is 0. The molecule has 1 rings (SSSR count). The second-order valence-electron chi connectivity index (χ2n) is 4.37. The van der Waals surface area contributed by atoms with Gasteiger partial charge in [0.15, 0.2) is 5.78 Å². The van der Waals surface area contributed by atoms with E-state index >= 15 is 0 Å². The molecule has 0 fully saturated rings. The van der Waals surface area contributed by atoms with E-state index in [9.17, 15) is 4.79 Å². The molecule has 4 heteroatoms. The number of carbonyl (C=O) groups is 1. The molecular formula is C14H21NO3. The van der Waals surface area contributed by atoms with Gasteiger partial charge in [0, 0.05) is 12.5 Å². The Labute approximate surface area is 108 Å². The van der Waals surface area contributed by atoms with Crippen molar-refractivity contribution >= 4 is 5.78 Å². The number of hydrogen-bond donors (Lipinski definition) is 1. The molecule has 0 aliphatic carbocycles. The summed E-state index contributed by atoms with van der Waals surface area (Å²) >= 11 is 0.